The molecule has 0 saturated carbocycles. The lowest BCUT2D eigenvalue weighted by Crippen LogP contribution is -2.07. The van der Waals surface area contributed by atoms with Crippen molar-refractivity contribution in [2.75, 3.05) is 12.9 Å². The molecule has 1 aromatic rings. The second-order valence-corrected chi connectivity index (χ2v) is 5.70. The summed E-state index contributed by atoms with van der Waals surface area (Å²) in [6, 6.07) is 3.95. The summed E-state index contributed by atoms with van der Waals surface area (Å²) in [5.41, 5.74) is 0.136. The van der Waals surface area contributed by atoms with Gasteiger partial charge in [-0.15, -0.1) is 0 Å². The van der Waals surface area contributed by atoms with E-state index in [0.29, 0.717) is 0 Å². The van der Waals surface area contributed by atoms with E-state index in [0.717, 1.165) is 6.26 Å². The molecule has 0 aliphatic carbocycles. The lowest BCUT2D eigenvalue weighted by atomic mass is 10.2. The Bertz CT molecular complexity index is 549. The second-order valence-electron chi connectivity index (χ2n) is 3.30. The minimum Gasteiger partial charge on any atom is -0.458 e. The van der Waals surface area contributed by atoms with Gasteiger partial charge < -0.3 is 4.74 Å². The Balaban J connectivity index is 3.13. The summed E-state index contributed by atoms with van der Waals surface area (Å²) in [6.07, 6.45) is 2.44. The van der Waals surface area contributed by atoms with Crippen molar-refractivity contribution >= 4 is 27.4 Å². The average molecular weight is 275 g/mol. The van der Waals surface area contributed by atoms with E-state index >= 15 is 0 Å². The Kier molecular flexibility index (Phi) is 4.31. The molecule has 0 N–H and O–H groups in total. The van der Waals surface area contributed by atoms with Gasteiger partial charge >= 0.3 is 5.97 Å². The maximum absolute atomic E-state index is 11.5. The quantitative estimate of drug-likeness (QED) is 0.623. The zero-order valence-corrected chi connectivity index (χ0v) is 10.7. The van der Waals surface area contributed by atoms with Crippen molar-refractivity contribution in [3.8, 4) is 0 Å². The maximum Gasteiger partial charge on any atom is 0.338 e. The molecule has 0 amide bonds. The zero-order valence-electron chi connectivity index (χ0n) is 9.14. The zero-order chi connectivity index (χ0) is 13.1. The topological polar surface area (TPSA) is 60.4 Å². The van der Waals surface area contributed by atoms with Gasteiger partial charge in [0, 0.05) is 6.26 Å². The molecule has 6 heteroatoms. The average Bonchev–Trinajstić information content (AvgIpc) is 2.25. The molecule has 0 unspecified atom stereocenters. The summed E-state index contributed by atoms with van der Waals surface area (Å²) in [6.45, 7) is 3.47. The highest BCUT2D eigenvalue weighted by molar-refractivity contribution is 7.90. The third-order valence-electron chi connectivity index (χ3n) is 1.90. The van der Waals surface area contributed by atoms with Crippen molar-refractivity contribution in [3.63, 3.8) is 0 Å². The Hall–Kier alpha value is -1.33. The number of benzene rings is 1. The van der Waals surface area contributed by atoms with E-state index in [2.05, 4.69) is 6.58 Å². The minimum atomic E-state index is -3.47. The van der Waals surface area contributed by atoms with Gasteiger partial charge in [-0.05, 0) is 18.2 Å². The minimum absolute atomic E-state index is 0.0651. The molecule has 0 fully saturated rings. The van der Waals surface area contributed by atoms with Crippen LogP contribution >= 0.6 is 11.6 Å². The van der Waals surface area contributed by atoms with Crippen LogP contribution in [-0.2, 0) is 14.6 Å². The standard InChI is InChI=1S/C11H11ClO4S/c1-3-6-16-11(13)8-4-5-9(12)10(7-8)17(2,14)15/h3-5,7H,1,6H2,2H3. The molecule has 4 nitrogen and oxygen atoms in total. The predicted octanol–water partition coefficient (Wildman–Crippen LogP) is 2.09. The second kappa shape index (κ2) is 5.33. The number of ether oxygens (including phenoxy) is 1. The number of halogens is 1. The predicted molar refractivity (Wildman–Crippen MR) is 65.0 cm³/mol. The van der Waals surface area contributed by atoms with Gasteiger partial charge in [-0.3, -0.25) is 0 Å². The van der Waals surface area contributed by atoms with Crippen LogP contribution in [0.5, 0.6) is 0 Å². The Morgan fingerprint density at radius 1 is 1.53 bits per heavy atom. The third-order valence-corrected chi connectivity index (χ3v) is 3.48. The number of sulfone groups is 1. The molecule has 0 saturated heterocycles. The fraction of sp³-hybridized carbons (Fsp3) is 0.182. The molecule has 0 aliphatic heterocycles. The fourth-order valence-corrected chi connectivity index (χ4v) is 2.43. The van der Waals surface area contributed by atoms with Crippen LogP contribution in [-0.4, -0.2) is 27.2 Å². The number of carbonyl (C=O) groups is 1. The van der Waals surface area contributed by atoms with Crippen LogP contribution in [0.2, 0.25) is 5.02 Å². The van der Waals surface area contributed by atoms with Crippen LogP contribution in [0, 0.1) is 0 Å². The fourth-order valence-electron chi connectivity index (χ4n) is 1.13. The monoisotopic (exact) mass is 274 g/mol. The largest absolute Gasteiger partial charge is 0.458 e. The highest BCUT2D eigenvalue weighted by atomic mass is 35.5. The molecule has 1 rings (SSSR count). The first kappa shape index (κ1) is 13.7. The number of rotatable bonds is 4. The normalized spacial score (nSPS) is 10.9. The molecule has 0 radical (unpaired) electrons. The van der Waals surface area contributed by atoms with Gasteiger partial charge in [-0.25, -0.2) is 13.2 Å². The van der Waals surface area contributed by atoms with Crippen molar-refractivity contribution < 1.29 is 17.9 Å². The van der Waals surface area contributed by atoms with Crippen LogP contribution in [0.25, 0.3) is 0 Å². The van der Waals surface area contributed by atoms with Crippen LogP contribution in [0.4, 0.5) is 0 Å². The highest BCUT2D eigenvalue weighted by Gasteiger charge is 2.16. The summed E-state index contributed by atoms with van der Waals surface area (Å²) >= 11 is 5.74. The van der Waals surface area contributed by atoms with Gasteiger partial charge in [0.15, 0.2) is 9.84 Å². The first-order valence-corrected chi connectivity index (χ1v) is 6.91. The summed E-state index contributed by atoms with van der Waals surface area (Å²) < 4.78 is 27.6. The molecule has 17 heavy (non-hydrogen) atoms. The molecule has 1 aromatic carbocycles. The van der Waals surface area contributed by atoms with E-state index in [4.69, 9.17) is 16.3 Å². The lowest BCUT2D eigenvalue weighted by molar-refractivity contribution is 0.0549. The third kappa shape index (κ3) is 3.57. The molecule has 0 aliphatic rings. The molecule has 0 heterocycles. The highest BCUT2D eigenvalue weighted by Crippen LogP contribution is 2.22. The number of carbonyl (C=O) groups excluding carboxylic acids is 1. The molecular weight excluding hydrogens is 264 g/mol. The summed E-state index contributed by atoms with van der Waals surface area (Å²) in [5.74, 6) is -0.619. The lowest BCUT2D eigenvalue weighted by Gasteiger charge is -2.05. The van der Waals surface area contributed by atoms with Crippen LogP contribution in [0.3, 0.4) is 0 Å². The molecule has 0 spiro atoms. The number of esters is 1. The maximum atomic E-state index is 11.5. The molecule has 0 atom stereocenters. The summed E-state index contributed by atoms with van der Waals surface area (Å²) in [4.78, 5) is 11.4. The van der Waals surface area contributed by atoms with Crippen molar-refractivity contribution in [3.05, 3.63) is 41.4 Å². The van der Waals surface area contributed by atoms with E-state index in [-0.39, 0.29) is 22.1 Å². The van der Waals surface area contributed by atoms with E-state index in [9.17, 15) is 13.2 Å². The molecule has 0 aromatic heterocycles. The summed E-state index contributed by atoms with van der Waals surface area (Å²) in [7, 11) is -3.47. The van der Waals surface area contributed by atoms with Gasteiger partial charge in [0.05, 0.1) is 15.5 Å². The van der Waals surface area contributed by atoms with Gasteiger partial charge in [-0.1, -0.05) is 24.3 Å². The van der Waals surface area contributed by atoms with Gasteiger partial charge in [0.2, 0.25) is 0 Å². The number of hydrogen-bond donors (Lipinski definition) is 0. The van der Waals surface area contributed by atoms with E-state index < -0.39 is 15.8 Å². The van der Waals surface area contributed by atoms with Crippen LogP contribution < -0.4 is 0 Å². The Morgan fingerprint density at radius 3 is 2.71 bits per heavy atom. The molecule has 92 valence electrons. The molecular formula is C11H11ClO4S. The Morgan fingerprint density at radius 2 is 2.18 bits per heavy atom. The van der Waals surface area contributed by atoms with E-state index in [1.165, 1.54) is 24.3 Å². The van der Waals surface area contributed by atoms with Gasteiger partial charge in [-0.2, -0.15) is 0 Å². The SMILES string of the molecule is C=CCOC(=O)c1ccc(Cl)c(S(C)(=O)=O)c1. The molecule has 0 bridgehead atoms. The van der Waals surface area contributed by atoms with Gasteiger partial charge in [0.1, 0.15) is 6.61 Å². The van der Waals surface area contributed by atoms with Gasteiger partial charge in [0.25, 0.3) is 0 Å². The van der Waals surface area contributed by atoms with Crippen molar-refractivity contribution in [2.45, 2.75) is 4.90 Å². The smallest absolute Gasteiger partial charge is 0.338 e. The van der Waals surface area contributed by atoms with Crippen molar-refractivity contribution in [1.29, 1.82) is 0 Å². The first-order chi connectivity index (χ1) is 7.86. The van der Waals surface area contributed by atoms with Crippen molar-refractivity contribution in [1.82, 2.24) is 0 Å². The van der Waals surface area contributed by atoms with Crippen LogP contribution in [0.15, 0.2) is 35.7 Å². The first-order valence-electron chi connectivity index (χ1n) is 4.64. The van der Waals surface area contributed by atoms with Crippen LogP contribution in [0.1, 0.15) is 10.4 Å². The van der Waals surface area contributed by atoms with E-state index in [1.54, 1.807) is 0 Å². The summed E-state index contributed by atoms with van der Waals surface area (Å²) in [5, 5.41) is 0.0766. The Labute approximate surface area is 105 Å². The van der Waals surface area contributed by atoms with Crippen molar-refractivity contribution in [2.24, 2.45) is 0 Å². The number of hydrogen-bond acceptors (Lipinski definition) is 4. The van der Waals surface area contributed by atoms with E-state index in [1.807, 2.05) is 0 Å².